The maximum absolute atomic E-state index is 13.8. The van der Waals surface area contributed by atoms with E-state index in [9.17, 15) is 9.59 Å². The number of ether oxygens (including phenoxy) is 1. The van der Waals surface area contributed by atoms with Gasteiger partial charge >= 0.3 is 0 Å². The Kier molecular flexibility index (Phi) is 11.1. The fourth-order valence-electron chi connectivity index (χ4n) is 5.86. The van der Waals surface area contributed by atoms with Gasteiger partial charge in [0.2, 0.25) is 5.91 Å². The molecule has 3 aromatic rings. The molecule has 2 fully saturated rings. The van der Waals surface area contributed by atoms with E-state index in [0.29, 0.717) is 45.0 Å². The summed E-state index contributed by atoms with van der Waals surface area (Å²) in [5, 5.41) is 10.1. The second-order valence-electron chi connectivity index (χ2n) is 11.7. The van der Waals surface area contributed by atoms with Crippen LogP contribution in [0.25, 0.3) is 11.1 Å². The molecule has 11 heteroatoms. The van der Waals surface area contributed by atoms with Crippen LogP contribution in [-0.2, 0) is 16.1 Å². The number of halogens is 1. The van der Waals surface area contributed by atoms with Crippen molar-refractivity contribution in [1.29, 1.82) is 0 Å². The molecule has 1 aromatic heterocycles. The van der Waals surface area contributed by atoms with E-state index in [1.54, 1.807) is 6.20 Å². The monoisotopic (exact) mass is 609 g/mol. The minimum atomic E-state index is -0.976. The van der Waals surface area contributed by atoms with E-state index in [-0.39, 0.29) is 30.1 Å². The van der Waals surface area contributed by atoms with Crippen molar-refractivity contribution >= 4 is 29.9 Å². The topological polar surface area (TPSA) is 120 Å². The number of nitrogens with zero attached hydrogens (tertiary/aromatic N) is 4. The van der Waals surface area contributed by atoms with Crippen molar-refractivity contribution < 1.29 is 14.3 Å². The number of H-pyrrole nitrogens is 1. The molecule has 5 rings (SSSR count). The van der Waals surface area contributed by atoms with Gasteiger partial charge in [0.15, 0.2) is 5.60 Å². The molecule has 0 bridgehead atoms. The molecule has 0 unspecified atom stereocenters. The van der Waals surface area contributed by atoms with E-state index in [2.05, 4.69) is 44.7 Å². The Hall–Kier alpha value is -3.60. The summed E-state index contributed by atoms with van der Waals surface area (Å²) < 4.78 is 6.26. The third-order valence-electron chi connectivity index (χ3n) is 8.12. The smallest absolute Gasteiger partial charge is 0.266 e. The minimum Gasteiger partial charge on any atom is -0.478 e. The Morgan fingerprint density at radius 3 is 2.56 bits per heavy atom. The third kappa shape index (κ3) is 8.07. The molecular weight excluding hydrogens is 566 g/mol. The zero-order valence-corrected chi connectivity index (χ0v) is 25.9. The van der Waals surface area contributed by atoms with Gasteiger partial charge in [-0.2, -0.15) is 5.10 Å². The van der Waals surface area contributed by atoms with E-state index in [1.807, 2.05) is 54.1 Å². The molecule has 232 valence electrons. The van der Waals surface area contributed by atoms with Gasteiger partial charge in [-0.1, -0.05) is 30.3 Å². The van der Waals surface area contributed by atoms with Gasteiger partial charge in [0.05, 0.1) is 12.1 Å². The molecule has 10 nitrogen and oxygen atoms in total. The average molecular weight is 610 g/mol. The van der Waals surface area contributed by atoms with Crippen LogP contribution in [0.1, 0.15) is 32.3 Å². The lowest BCUT2D eigenvalue weighted by atomic mass is 9.95. The van der Waals surface area contributed by atoms with Gasteiger partial charge in [-0.15, -0.1) is 12.4 Å². The van der Waals surface area contributed by atoms with Crippen molar-refractivity contribution in [3.05, 3.63) is 66.5 Å². The summed E-state index contributed by atoms with van der Waals surface area (Å²) >= 11 is 0. The number of carbonyl (C=O) groups is 2. The van der Waals surface area contributed by atoms with Gasteiger partial charge in [-0.3, -0.25) is 14.7 Å². The number of amides is 2. The number of hydrogen-bond acceptors (Lipinski definition) is 7. The molecule has 0 spiro atoms. The predicted molar refractivity (Wildman–Crippen MR) is 171 cm³/mol. The van der Waals surface area contributed by atoms with Crippen molar-refractivity contribution in [2.75, 3.05) is 57.3 Å². The lowest BCUT2D eigenvalue weighted by Crippen LogP contribution is -2.54. The molecule has 2 aliphatic heterocycles. The number of aromatic amines is 1. The average Bonchev–Trinajstić information content (AvgIpc) is 3.56. The van der Waals surface area contributed by atoms with Gasteiger partial charge in [0.25, 0.3) is 5.91 Å². The molecule has 1 atom stereocenters. The summed E-state index contributed by atoms with van der Waals surface area (Å²) in [5.74, 6) is 0.664. The number of aromatic nitrogens is 2. The number of hydrogen-bond donors (Lipinski definition) is 3. The zero-order valence-electron chi connectivity index (χ0n) is 25.1. The van der Waals surface area contributed by atoms with Crippen LogP contribution < -0.4 is 20.7 Å². The summed E-state index contributed by atoms with van der Waals surface area (Å²) in [6, 6.07) is 16.1. The number of anilines is 1. The SMILES string of the molecule is CC(C)(Oc1cccc(N2CCC[C@@H](C(=O)N(CCN)Cc3ccc(-c4cn[nH]c4)cc3)C2)c1)C(=O)N1CCNCC1.Cl. The van der Waals surface area contributed by atoms with E-state index in [4.69, 9.17) is 10.5 Å². The van der Waals surface area contributed by atoms with Crippen molar-refractivity contribution in [3.8, 4) is 16.9 Å². The van der Waals surface area contributed by atoms with Crippen LogP contribution in [0.5, 0.6) is 5.75 Å². The fraction of sp³-hybridized carbons (Fsp3) is 0.469. The summed E-state index contributed by atoms with van der Waals surface area (Å²) in [5.41, 5.74) is 9.13. The number of benzene rings is 2. The predicted octanol–water partition coefficient (Wildman–Crippen LogP) is 3.29. The normalized spacial score (nSPS) is 17.2. The molecular formula is C32H44ClN7O3. The van der Waals surface area contributed by atoms with Gasteiger partial charge in [-0.25, -0.2) is 0 Å². The Bertz CT molecular complexity index is 1330. The fourth-order valence-corrected chi connectivity index (χ4v) is 5.86. The van der Waals surface area contributed by atoms with E-state index in [1.165, 1.54) is 0 Å². The molecule has 0 radical (unpaired) electrons. The number of nitrogens with two attached hydrogens (primary N) is 1. The van der Waals surface area contributed by atoms with E-state index >= 15 is 0 Å². The van der Waals surface area contributed by atoms with Gasteiger partial charge in [0, 0.05) is 82.4 Å². The highest BCUT2D eigenvalue weighted by molar-refractivity contribution is 5.85. The standard InChI is InChI=1S/C32H43N7O3.ClH/c1-32(2,31(41)37-17-13-34-14-18-37)42-29-7-3-6-28(19-29)38-15-4-5-26(23-38)30(40)39(16-12-33)22-24-8-10-25(11-9-24)27-20-35-36-21-27;/h3,6-11,19-21,26,34H,4-5,12-18,22-23,33H2,1-2H3,(H,35,36);1H/t26-;/m1./s1. The summed E-state index contributed by atoms with van der Waals surface area (Å²) in [6.07, 6.45) is 5.43. The molecule has 2 aromatic carbocycles. The van der Waals surface area contributed by atoms with Gasteiger partial charge in [-0.05, 0) is 49.9 Å². The van der Waals surface area contributed by atoms with Crippen LogP contribution in [-0.4, -0.2) is 89.8 Å². The Labute approximate surface area is 260 Å². The molecule has 3 heterocycles. The van der Waals surface area contributed by atoms with Crippen LogP contribution in [0.2, 0.25) is 0 Å². The number of piperazine rings is 1. The Morgan fingerprint density at radius 2 is 1.86 bits per heavy atom. The number of carbonyl (C=O) groups excluding carboxylic acids is 2. The maximum atomic E-state index is 13.8. The molecule has 2 amide bonds. The quantitative estimate of drug-likeness (QED) is 0.323. The Morgan fingerprint density at radius 1 is 1.09 bits per heavy atom. The summed E-state index contributed by atoms with van der Waals surface area (Å²) in [6.45, 7) is 9.58. The van der Waals surface area contributed by atoms with Crippen molar-refractivity contribution in [1.82, 2.24) is 25.3 Å². The number of rotatable bonds is 10. The lowest BCUT2D eigenvalue weighted by Gasteiger charge is -2.37. The zero-order chi connectivity index (χ0) is 29.5. The first-order chi connectivity index (χ1) is 20.3. The highest BCUT2D eigenvalue weighted by atomic mass is 35.5. The summed E-state index contributed by atoms with van der Waals surface area (Å²) in [4.78, 5) is 32.9. The molecule has 2 aliphatic rings. The van der Waals surface area contributed by atoms with Crippen LogP contribution in [0, 0.1) is 5.92 Å². The van der Waals surface area contributed by atoms with E-state index < -0.39 is 5.60 Å². The first-order valence-corrected chi connectivity index (χ1v) is 14.9. The largest absolute Gasteiger partial charge is 0.478 e. The van der Waals surface area contributed by atoms with Crippen molar-refractivity contribution in [3.63, 3.8) is 0 Å². The highest BCUT2D eigenvalue weighted by Crippen LogP contribution is 2.30. The van der Waals surface area contributed by atoms with Crippen molar-refractivity contribution in [2.45, 2.75) is 38.8 Å². The van der Waals surface area contributed by atoms with E-state index in [0.717, 1.165) is 54.9 Å². The first kappa shape index (κ1) is 32.3. The number of nitrogens with one attached hydrogen (secondary N) is 2. The minimum absolute atomic E-state index is 0. The first-order valence-electron chi connectivity index (χ1n) is 14.9. The second kappa shape index (κ2) is 14.7. The van der Waals surface area contributed by atoms with Crippen LogP contribution in [0.15, 0.2) is 60.9 Å². The molecule has 4 N–H and O–H groups in total. The molecule has 2 saturated heterocycles. The third-order valence-corrected chi connectivity index (χ3v) is 8.12. The molecule has 0 saturated carbocycles. The van der Waals surface area contributed by atoms with Crippen LogP contribution >= 0.6 is 12.4 Å². The Balaban J connectivity index is 0.00000423. The molecule has 0 aliphatic carbocycles. The highest BCUT2D eigenvalue weighted by Gasteiger charge is 2.35. The summed E-state index contributed by atoms with van der Waals surface area (Å²) in [7, 11) is 0. The van der Waals surface area contributed by atoms with Crippen LogP contribution in [0.4, 0.5) is 5.69 Å². The lowest BCUT2D eigenvalue weighted by molar-refractivity contribution is -0.146. The molecule has 43 heavy (non-hydrogen) atoms. The van der Waals surface area contributed by atoms with Gasteiger partial charge in [0.1, 0.15) is 5.75 Å². The van der Waals surface area contributed by atoms with Gasteiger partial charge < -0.3 is 30.5 Å². The maximum Gasteiger partial charge on any atom is 0.266 e. The second-order valence-corrected chi connectivity index (χ2v) is 11.7. The van der Waals surface area contributed by atoms with Crippen LogP contribution in [0.3, 0.4) is 0 Å². The van der Waals surface area contributed by atoms with Crippen molar-refractivity contribution in [2.24, 2.45) is 11.7 Å². The number of piperidine rings is 1.